The molecule has 0 bridgehead atoms. The first-order valence-electron chi connectivity index (χ1n) is 9.85. The van der Waals surface area contributed by atoms with Gasteiger partial charge >= 0.3 is 0 Å². The third-order valence-electron chi connectivity index (χ3n) is 5.81. The van der Waals surface area contributed by atoms with Crippen LogP contribution in [0.1, 0.15) is 42.5 Å². The van der Waals surface area contributed by atoms with Gasteiger partial charge in [0.15, 0.2) is 5.65 Å². The molecule has 3 aromatic heterocycles. The van der Waals surface area contributed by atoms with Crippen LogP contribution in [0.2, 0.25) is 0 Å². The van der Waals surface area contributed by atoms with E-state index in [1.165, 1.54) is 17.4 Å². The standard InChI is InChI=1S/C21H22F2N6/c1-12-26-17-6-5-15(27-19(17)29(12)10-18(22)23)13-3-4-16-14(13)9-24-20(28-16)25-11-21(2)7-8-21/h3,5-6,9,18H,4,7-8,10-11H2,1-2H3,(H,24,25,28). The van der Waals surface area contributed by atoms with Crippen molar-refractivity contribution in [1.82, 2.24) is 24.5 Å². The number of hydrogen-bond acceptors (Lipinski definition) is 5. The fraction of sp³-hybridized carbons (Fsp3) is 0.429. The first kappa shape index (κ1) is 18.1. The number of rotatable bonds is 6. The van der Waals surface area contributed by atoms with Crippen molar-refractivity contribution < 1.29 is 8.78 Å². The Morgan fingerprint density at radius 1 is 1.21 bits per heavy atom. The molecule has 0 saturated heterocycles. The lowest BCUT2D eigenvalue weighted by Crippen LogP contribution is -2.14. The monoisotopic (exact) mass is 396 g/mol. The Labute approximate surface area is 167 Å². The van der Waals surface area contributed by atoms with Crippen LogP contribution in [0.25, 0.3) is 16.7 Å². The van der Waals surface area contributed by atoms with E-state index < -0.39 is 13.0 Å². The second-order valence-corrected chi connectivity index (χ2v) is 8.24. The van der Waals surface area contributed by atoms with Crippen LogP contribution < -0.4 is 5.32 Å². The number of hydrogen-bond donors (Lipinski definition) is 1. The second kappa shape index (κ2) is 6.57. The van der Waals surface area contributed by atoms with Crippen LogP contribution in [0, 0.1) is 12.3 Å². The quantitative estimate of drug-likeness (QED) is 0.682. The molecule has 0 spiro atoms. The zero-order valence-electron chi connectivity index (χ0n) is 16.4. The Hall–Kier alpha value is -2.90. The SMILES string of the molecule is Cc1nc2ccc(C3=CCc4nc(NCC5(C)CC5)ncc43)nc2n1CC(F)F. The molecule has 2 aliphatic carbocycles. The molecule has 150 valence electrons. The number of allylic oxidation sites excluding steroid dienone is 1. The van der Waals surface area contributed by atoms with Crippen molar-refractivity contribution in [2.45, 2.75) is 46.1 Å². The zero-order chi connectivity index (χ0) is 20.2. The van der Waals surface area contributed by atoms with Crippen molar-refractivity contribution >= 4 is 22.7 Å². The molecule has 0 amide bonds. The van der Waals surface area contributed by atoms with Crippen molar-refractivity contribution in [3.05, 3.63) is 47.2 Å². The van der Waals surface area contributed by atoms with Gasteiger partial charge in [-0.2, -0.15) is 0 Å². The Morgan fingerprint density at radius 2 is 2.03 bits per heavy atom. The van der Waals surface area contributed by atoms with Crippen LogP contribution in [0.5, 0.6) is 0 Å². The maximum atomic E-state index is 13.0. The predicted molar refractivity (Wildman–Crippen MR) is 107 cm³/mol. The molecule has 0 radical (unpaired) electrons. The predicted octanol–water partition coefficient (Wildman–Crippen LogP) is 3.99. The van der Waals surface area contributed by atoms with Crippen LogP contribution in [0.15, 0.2) is 24.4 Å². The molecule has 29 heavy (non-hydrogen) atoms. The van der Waals surface area contributed by atoms with Crippen molar-refractivity contribution in [3.8, 4) is 0 Å². The van der Waals surface area contributed by atoms with Crippen molar-refractivity contribution in [1.29, 1.82) is 0 Å². The van der Waals surface area contributed by atoms with E-state index >= 15 is 0 Å². The molecule has 1 saturated carbocycles. The van der Waals surface area contributed by atoms with E-state index in [0.717, 1.165) is 29.1 Å². The average molecular weight is 396 g/mol. The summed E-state index contributed by atoms with van der Waals surface area (Å²) in [5.41, 5.74) is 5.03. The summed E-state index contributed by atoms with van der Waals surface area (Å²) < 4.78 is 27.4. The number of halogens is 2. The number of aromatic nitrogens is 5. The van der Waals surface area contributed by atoms with E-state index in [1.54, 1.807) is 6.92 Å². The van der Waals surface area contributed by atoms with Crippen LogP contribution in [0.3, 0.4) is 0 Å². The summed E-state index contributed by atoms with van der Waals surface area (Å²) in [5, 5.41) is 3.34. The minimum Gasteiger partial charge on any atom is -0.354 e. The van der Waals surface area contributed by atoms with Crippen LogP contribution in [0.4, 0.5) is 14.7 Å². The van der Waals surface area contributed by atoms with Gasteiger partial charge in [-0.1, -0.05) is 13.0 Å². The fourth-order valence-corrected chi connectivity index (χ4v) is 3.74. The molecule has 0 unspecified atom stereocenters. The minimum absolute atomic E-state index is 0.379. The number of nitrogens with one attached hydrogen (secondary N) is 1. The molecular formula is C21H22F2N6. The molecule has 1 N–H and O–H groups in total. The lowest BCUT2D eigenvalue weighted by Gasteiger charge is -2.11. The third-order valence-corrected chi connectivity index (χ3v) is 5.81. The highest BCUT2D eigenvalue weighted by atomic mass is 19.3. The summed E-state index contributed by atoms with van der Waals surface area (Å²) in [6.45, 7) is 4.46. The fourth-order valence-electron chi connectivity index (χ4n) is 3.74. The molecule has 8 heteroatoms. The molecule has 3 aromatic rings. The normalized spacial score (nSPS) is 16.9. The Morgan fingerprint density at radius 3 is 2.79 bits per heavy atom. The maximum absolute atomic E-state index is 13.0. The molecule has 5 rings (SSSR count). The third kappa shape index (κ3) is 3.36. The van der Waals surface area contributed by atoms with Gasteiger partial charge in [-0.15, -0.1) is 0 Å². The largest absolute Gasteiger partial charge is 0.354 e. The average Bonchev–Trinajstić information content (AvgIpc) is 3.16. The number of pyridine rings is 1. The number of nitrogens with zero attached hydrogens (tertiary/aromatic N) is 5. The van der Waals surface area contributed by atoms with Gasteiger partial charge in [0.1, 0.15) is 11.3 Å². The Kier molecular flexibility index (Phi) is 4.11. The van der Waals surface area contributed by atoms with E-state index in [9.17, 15) is 8.78 Å². The summed E-state index contributed by atoms with van der Waals surface area (Å²) in [6.07, 6.45) is 4.62. The highest BCUT2D eigenvalue weighted by Gasteiger charge is 2.37. The Balaban J connectivity index is 1.44. The lowest BCUT2D eigenvalue weighted by molar-refractivity contribution is 0.127. The van der Waals surface area contributed by atoms with Crippen molar-refractivity contribution in [2.75, 3.05) is 11.9 Å². The molecule has 0 aromatic carbocycles. The first-order chi connectivity index (χ1) is 13.9. The molecular weight excluding hydrogens is 374 g/mol. The van der Waals surface area contributed by atoms with E-state index in [-0.39, 0.29) is 0 Å². The number of fused-ring (bicyclic) bond motifs is 2. The van der Waals surface area contributed by atoms with Gasteiger partial charge in [-0.3, -0.25) is 0 Å². The van der Waals surface area contributed by atoms with E-state index in [0.29, 0.717) is 34.8 Å². The molecule has 2 aliphatic rings. The highest BCUT2D eigenvalue weighted by molar-refractivity contribution is 5.85. The van der Waals surface area contributed by atoms with Crippen LogP contribution in [-0.2, 0) is 13.0 Å². The van der Waals surface area contributed by atoms with Gasteiger partial charge in [-0.25, -0.2) is 28.7 Å². The number of anilines is 1. The zero-order valence-corrected chi connectivity index (χ0v) is 16.4. The molecule has 0 atom stereocenters. The van der Waals surface area contributed by atoms with E-state index in [1.807, 2.05) is 18.3 Å². The summed E-state index contributed by atoms with van der Waals surface area (Å²) in [6, 6.07) is 3.71. The molecule has 0 aliphatic heterocycles. The molecule has 3 heterocycles. The second-order valence-electron chi connectivity index (χ2n) is 8.24. The van der Waals surface area contributed by atoms with Crippen LogP contribution >= 0.6 is 0 Å². The Bertz CT molecular complexity index is 1130. The first-order valence-corrected chi connectivity index (χ1v) is 9.85. The van der Waals surface area contributed by atoms with E-state index in [2.05, 4.69) is 38.3 Å². The molecule has 6 nitrogen and oxygen atoms in total. The van der Waals surface area contributed by atoms with Gasteiger partial charge in [0, 0.05) is 30.3 Å². The topological polar surface area (TPSA) is 68.5 Å². The minimum atomic E-state index is -2.46. The van der Waals surface area contributed by atoms with Gasteiger partial charge < -0.3 is 9.88 Å². The number of aryl methyl sites for hydroxylation is 1. The summed E-state index contributed by atoms with van der Waals surface area (Å²) >= 11 is 0. The van der Waals surface area contributed by atoms with Gasteiger partial charge in [0.25, 0.3) is 6.43 Å². The van der Waals surface area contributed by atoms with Gasteiger partial charge in [0.2, 0.25) is 5.95 Å². The van der Waals surface area contributed by atoms with Crippen molar-refractivity contribution in [2.24, 2.45) is 5.41 Å². The number of alkyl halides is 2. The maximum Gasteiger partial charge on any atom is 0.256 e. The summed E-state index contributed by atoms with van der Waals surface area (Å²) in [4.78, 5) is 18.1. The molecule has 1 fully saturated rings. The van der Waals surface area contributed by atoms with E-state index in [4.69, 9.17) is 0 Å². The van der Waals surface area contributed by atoms with Crippen molar-refractivity contribution in [3.63, 3.8) is 0 Å². The number of imidazole rings is 1. The lowest BCUT2D eigenvalue weighted by atomic mass is 10.1. The van der Waals surface area contributed by atoms with Gasteiger partial charge in [-0.05, 0) is 37.3 Å². The van der Waals surface area contributed by atoms with Crippen LogP contribution in [-0.4, -0.2) is 37.5 Å². The smallest absolute Gasteiger partial charge is 0.256 e. The highest BCUT2D eigenvalue weighted by Crippen LogP contribution is 2.44. The summed E-state index contributed by atoms with van der Waals surface area (Å²) in [5.74, 6) is 1.19. The summed E-state index contributed by atoms with van der Waals surface area (Å²) in [7, 11) is 0. The van der Waals surface area contributed by atoms with Gasteiger partial charge in [0.05, 0.1) is 17.9 Å².